The van der Waals surface area contributed by atoms with E-state index in [2.05, 4.69) is 0 Å². The van der Waals surface area contributed by atoms with E-state index >= 15 is 0 Å². The van der Waals surface area contributed by atoms with Crippen molar-refractivity contribution in [3.05, 3.63) is 107 Å². The molecule has 0 bridgehead atoms. The van der Waals surface area contributed by atoms with Crippen LogP contribution in [0.5, 0.6) is 11.5 Å². The lowest BCUT2D eigenvalue weighted by atomic mass is 10.1. The number of esters is 2. The van der Waals surface area contributed by atoms with E-state index in [4.69, 9.17) is 58.3 Å². The summed E-state index contributed by atoms with van der Waals surface area (Å²) < 4.78 is 27.0. The molecule has 1 aliphatic rings. The molecule has 3 aromatic carbocycles. The number of carbonyl (C=O) groups is 2. The van der Waals surface area contributed by atoms with Gasteiger partial charge in [-0.2, -0.15) is 0 Å². The minimum Gasteiger partial charge on any atom is -0.465 e. The Morgan fingerprint density at radius 3 is 2.11 bits per heavy atom. The minimum absolute atomic E-state index is 0.00717. The summed E-state index contributed by atoms with van der Waals surface area (Å²) in [6.45, 7) is 6.30. The molecule has 0 heterocycles. The Labute approximate surface area is 284 Å². The van der Waals surface area contributed by atoms with Gasteiger partial charge in [0.2, 0.25) is 5.69 Å². The SMILES string of the molecule is CC1(C)C(C=C(Cl)Cl)C1C(=O)OCc1cccc(Oc2ccccc2)c1.CCOC(=O)C(SP(=S)(OC)OC)c1ccccc1. The average Bonchev–Trinajstić information content (AvgIpc) is 3.58. The predicted octanol–water partition coefficient (Wildman–Crippen LogP) is 9.65. The summed E-state index contributed by atoms with van der Waals surface area (Å²) >= 11 is 18.0. The van der Waals surface area contributed by atoms with Crippen molar-refractivity contribution in [3.63, 3.8) is 0 Å². The van der Waals surface area contributed by atoms with Crippen LogP contribution < -0.4 is 4.74 Å². The van der Waals surface area contributed by atoms with Gasteiger partial charge in [0.15, 0.2) is 0 Å². The summed E-state index contributed by atoms with van der Waals surface area (Å²) in [4.78, 5) is 24.5. The Kier molecular flexibility index (Phi) is 14.5. The highest BCUT2D eigenvalue weighted by Gasteiger charge is 2.61. The molecule has 1 fully saturated rings. The molecule has 0 radical (unpaired) electrons. The van der Waals surface area contributed by atoms with E-state index in [0.29, 0.717) is 12.4 Å². The lowest BCUT2D eigenvalue weighted by molar-refractivity contribution is -0.147. The van der Waals surface area contributed by atoms with Crippen molar-refractivity contribution >= 4 is 64.0 Å². The van der Waals surface area contributed by atoms with Crippen molar-refractivity contribution in [2.45, 2.75) is 32.6 Å². The van der Waals surface area contributed by atoms with Gasteiger partial charge in [0.25, 0.3) is 0 Å². The molecule has 242 valence electrons. The molecule has 1 aliphatic carbocycles. The second-order valence-electron chi connectivity index (χ2n) is 10.4. The largest absolute Gasteiger partial charge is 0.465 e. The molecular weight excluding hydrogens is 674 g/mol. The van der Waals surface area contributed by atoms with Crippen molar-refractivity contribution in [3.8, 4) is 11.5 Å². The zero-order valence-electron chi connectivity index (χ0n) is 25.7. The van der Waals surface area contributed by atoms with E-state index in [1.165, 1.54) is 25.6 Å². The maximum Gasteiger partial charge on any atom is 0.324 e. The Hall–Kier alpha value is -2.36. The van der Waals surface area contributed by atoms with E-state index in [1.54, 1.807) is 13.0 Å². The fraction of sp³-hybridized carbons (Fsp3) is 0.333. The van der Waals surface area contributed by atoms with Crippen LogP contribution in [0, 0.1) is 17.3 Å². The lowest BCUT2D eigenvalue weighted by Crippen LogP contribution is -2.13. The van der Waals surface area contributed by atoms with Crippen LogP contribution in [0.3, 0.4) is 0 Å². The summed E-state index contributed by atoms with van der Waals surface area (Å²) in [5.74, 6) is 0.675. The summed E-state index contributed by atoms with van der Waals surface area (Å²) in [7, 11) is 2.98. The first-order valence-corrected chi connectivity index (χ1v) is 18.9. The van der Waals surface area contributed by atoms with Gasteiger partial charge < -0.3 is 23.3 Å². The molecular formula is C33H37Cl2O7PS2. The number of hydrogen-bond acceptors (Lipinski definition) is 9. The topological polar surface area (TPSA) is 80.3 Å². The van der Waals surface area contributed by atoms with Crippen LogP contribution in [0.15, 0.2) is 95.5 Å². The smallest absolute Gasteiger partial charge is 0.324 e. The second-order valence-corrected chi connectivity index (χ2v) is 17.9. The Bertz CT molecular complexity index is 1480. The second kappa shape index (κ2) is 17.5. The molecule has 0 aliphatic heterocycles. The third kappa shape index (κ3) is 11.1. The zero-order chi connectivity index (χ0) is 33.0. The first kappa shape index (κ1) is 37.1. The Morgan fingerprint density at radius 1 is 0.933 bits per heavy atom. The van der Waals surface area contributed by atoms with Crippen LogP contribution in [0.25, 0.3) is 0 Å². The molecule has 3 atom stereocenters. The van der Waals surface area contributed by atoms with Crippen LogP contribution in [0.4, 0.5) is 0 Å². The van der Waals surface area contributed by atoms with Crippen molar-refractivity contribution < 1.29 is 32.8 Å². The fourth-order valence-electron chi connectivity index (χ4n) is 4.52. The summed E-state index contributed by atoms with van der Waals surface area (Å²) in [5.41, 5.74) is -1.02. The molecule has 3 unspecified atom stereocenters. The molecule has 7 nitrogen and oxygen atoms in total. The number of benzene rings is 3. The quantitative estimate of drug-likeness (QED) is 0.127. The highest BCUT2D eigenvalue weighted by atomic mass is 35.5. The third-order valence-electron chi connectivity index (χ3n) is 7.01. The molecule has 4 rings (SSSR count). The number of carbonyl (C=O) groups excluding carboxylic acids is 2. The molecule has 0 amide bonds. The van der Waals surface area contributed by atoms with Gasteiger partial charge in [-0.3, -0.25) is 9.59 Å². The number of para-hydroxylation sites is 1. The number of ether oxygens (including phenoxy) is 3. The first-order chi connectivity index (χ1) is 21.4. The summed E-state index contributed by atoms with van der Waals surface area (Å²) in [6, 6.07) is 26.4. The maximum absolute atomic E-state index is 12.4. The van der Waals surface area contributed by atoms with Gasteiger partial charge in [0.1, 0.15) is 27.8 Å². The standard InChI is InChI=1S/C21H20Cl2O3.C12H17O4PS2/c1-21(2)17(12-18(22)23)19(21)20(24)25-13-14-7-6-10-16(11-14)26-15-8-4-3-5-9-15;1-4-16-12(13)11(10-8-6-5-7-9-10)19-17(18,14-2)15-3/h3-12,17,19H,13H2,1-2H3;5-9,11H,4H2,1-3H3. The molecule has 0 saturated heterocycles. The van der Waals surface area contributed by atoms with Crippen molar-refractivity contribution in [2.75, 3.05) is 20.8 Å². The average molecular weight is 712 g/mol. The van der Waals surface area contributed by atoms with Gasteiger partial charge >= 0.3 is 11.9 Å². The fourth-order valence-corrected chi connectivity index (χ4v) is 8.49. The van der Waals surface area contributed by atoms with Crippen molar-refractivity contribution in [2.24, 2.45) is 17.3 Å². The van der Waals surface area contributed by atoms with Gasteiger partial charge in [-0.15, -0.1) is 0 Å². The van der Waals surface area contributed by atoms with Crippen LogP contribution in [0.2, 0.25) is 0 Å². The summed E-state index contributed by atoms with van der Waals surface area (Å²) in [6.07, 6.45) is 1.71. The molecule has 0 aromatic heterocycles. The highest BCUT2D eigenvalue weighted by molar-refractivity contribution is 8.68. The van der Waals surface area contributed by atoms with E-state index in [1.807, 2.05) is 98.8 Å². The normalized spacial score (nSPS) is 17.1. The molecule has 0 spiro atoms. The predicted molar refractivity (Wildman–Crippen MR) is 185 cm³/mol. The van der Waals surface area contributed by atoms with Crippen LogP contribution in [-0.4, -0.2) is 32.8 Å². The monoisotopic (exact) mass is 710 g/mol. The Balaban J connectivity index is 0.000000259. The van der Waals surface area contributed by atoms with E-state index in [9.17, 15) is 9.59 Å². The van der Waals surface area contributed by atoms with Crippen molar-refractivity contribution in [1.82, 2.24) is 0 Å². The number of halogens is 2. The highest BCUT2D eigenvalue weighted by Crippen LogP contribution is 2.65. The Morgan fingerprint density at radius 2 is 1.53 bits per heavy atom. The van der Waals surface area contributed by atoms with Crippen LogP contribution in [-0.2, 0) is 46.5 Å². The van der Waals surface area contributed by atoms with Gasteiger partial charge in [-0.1, -0.05) is 109 Å². The third-order valence-corrected chi connectivity index (χ3v) is 13.1. The van der Waals surface area contributed by atoms with Gasteiger partial charge in [-0.05, 0) is 71.5 Å². The first-order valence-electron chi connectivity index (χ1n) is 14.1. The number of rotatable bonds is 13. The molecule has 1 saturated carbocycles. The minimum atomic E-state index is -2.53. The van der Waals surface area contributed by atoms with E-state index in [-0.39, 0.29) is 40.3 Å². The lowest BCUT2D eigenvalue weighted by Gasteiger charge is -2.22. The summed E-state index contributed by atoms with van der Waals surface area (Å²) in [5, 5.41) is -0.535. The molecule has 0 N–H and O–H groups in total. The van der Waals surface area contributed by atoms with Gasteiger partial charge in [0, 0.05) is 14.2 Å². The van der Waals surface area contributed by atoms with Gasteiger partial charge in [0.05, 0.1) is 12.5 Å². The number of allylic oxidation sites excluding steroid dienone is 1. The van der Waals surface area contributed by atoms with Crippen LogP contribution >= 0.6 is 40.3 Å². The molecule has 3 aromatic rings. The van der Waals surface area contributed by atoms with E-state index < -0.39 is 10.9 Å². The van der Waals surface area contributed by atoms with E-state index in [0.717, 1.165) is 16.9 Å². The molecule has 45 heavy (non-hydrogen) atoms. The number of hydrogen-bond donors (Lipinski definition) is 0. The van der Waals surface area contributed by atoms with Crippen LogP contribution in [0.1, 0.15) is 37.1 Å². The zero-order valence-corrected chi connectivity index (χ0v) is 29.7. The van der Waals surface area contributed by atoms with Crippen molar-refractivity contribution in [1.29, 1.82) is 0 Å². The maximum atomic E-state index is 12.4. The molecule has 12 heteroatoms. The van der Waals surface area contributed by atoms with Gasteiger partial charge in [-0.25, -0.2) is 0 Å².